The maximum absolute atomic E-state index is 13.4. The molecule has 1 fully saturated rings. The maximum Gasteiger partial charge on any atom is 0.242 e. The zero-order chi connectivity index (χ0) is 23.6. The molecule has 1 aromatic carbocycles. The molecule has 0 spiro atoms. The van der Waals surface area contributed by atoms with Crippen molar-refractivity contribution in [2.24, 2.45) is 5.92 Å². The van der Waals surface area contributed by atoms with E-state index in [4.69, 9.17) is 4.74 Å². The van der Waals surface area contributed by atoms with Crippen molar-refractivity contribution in [1.29, 1.82) is 0 Å². The van der Waals surface area contributed by atoms with E-state index >= 15 is 0 Å². The summed E-state index contributed by atoms with van der Waals surface area (Å²) in [5.74, 6) is 0.132. The number of rotatable bonds is 11. The monoisotopic (exact) mass is 453 g/mol. The molecule has 1 aromatic heterocycles. The van der Waals surface area contributed by atoms with Gasteiger partial charge in [-0.25, -0.2) is 0 Å². The Labute approximate surface area is 198 Å². The standard InChI is InChI=1S/C27H39N3O3/c1-22(2)30(20-25-15-10-16-28(25)19-23-11-6-4-7-12-23)26(31)21-29(17-18-33-3)27(32)24-13-8-5-9-14-24/h4,6-7,10-12,15-16,22,24H,5,8-9,13-14,17-21H2,1-3H3. The Hall–Kier alpha value is -2.60. The Morgan fingerprint density at radius 3 is 2.45 bits per heavy atom. The van der Waals surface area contributed by atoms with E-state index in [9.17, 15) is 9.59 Å². The van der Waals surface area contributed by atoms with Crippen LogP contribution in [0.3, 0.4) is 0 Å². The first-order valence-corrected chi connectivity index (χ1v) is 12.2. The molecule has 0 N–H and O–H groups in total. The highest BCUT2D eigenvalue weighted by atomic mass is 16.5. The van der Waals surface area contributed by atoms with Gasteiger partial charge in [0.25, 0.3) is 0 Å². The van der Waals surface area contributed by atoms with Gasteiger partial charge in [0.1, 0.15) is 0 Å². The molecule has 33 heavy (non-hydrogen) atoms. The van der Waals surface area contributed by atoms with Gasteiger partial charge in [-0.15, -0.1) is 0 Å². The number of amides is 2. The Morgan fingerprint density at radius 2 is 1.79 bits per heavy atom. The third-order valence-electron chi connectivity index (χ3n) is 6.55. The third kappa shape index (κ3) is 7.19. The Balaban J connectivity index is 1.69. The first-order valence-electron chi connectivity index (χ1n) is 12.2. The molecule has 6 heteroatoms. The average Bonchev–Trinajstić information content (AvgIpc) is 3.27. The van der Waals surface area contributed by atoms with E-state index in [1.165, 1.54) is 12.0 Å². The fourth-order valence-electron chi connectivity index (χ4n) is 4.59. The molecule has 1 saturated carbocycles. The van der Waals surface area contributed by atoms with Crippen molar-refractivity contribution in [1.82, 2.24) is 14.4 Å². The molecule has 0 radical (unpaired) electrons. The molecule has 1 aliphatic rings. The molecule has 0 bridgehead atoms. The van der Waals surface area contributed by atoms with Crippen LogP contribution in [0, 0.1) is 5.92 Å². The van der Waals surface area contributed by atoms with Crippen molar-refractivity contribution in [3.05, 3.63) is 59.9 Å². The van der Waals surface area contributed by atoms with Gasteiger partial charge in [0.05, 0.1) is 19.7 Å². The Kier molecular flexibility index (Phi) is 9.55. The molecule has 1 heterocycles. The van der Waals surface area contributed by atoms with Crippen LogP contribution in [0.1, 0.15) is 57.2 Å². The van der Waals surface area contributed by atoms with Gasteiger partial charge in [0.2, 0.25) is 11.8 Å². The minimum atomic E-state index is -0.0160. The van der Waals surface area contributed by atoms with Gasteiger partial charge in [-0.1, -0.05) is 49.6 Å². The van der Waals surface area contributed by atoms with Crippen molar-refractivity contribution in [2.45, 2.75) is 65.1 Å². The van der Waals surface area contributed by atoms with Crippen molar-refractivity contribution in [2.75, 3.05) is 26.8 Å². The van der Waals surface area contributed by atoms with Crippen molar-refractivity contribution >= 4 is 11.8 Å². The van der Waals surface area contributed by atoms with E-state index in [0.717, 1.165) is 37.9 Å². The van der Waals surface area contributed by atoms with E-state index in [1.807, 2.05) is 43.0 Å². The highest BCUT2D eigenvalue weighted by molar-refractivity contribution is 5.86. The van der Waals surface area contributed by atoms with Crippen LogP contribution in [0.5, 0.6) is 0 Å². The molecule has 2 aromatic rings. The fraction of sp³-hybridized carbons (Fsp3) is 0.556. The van der Waals surface area contributed by atoms with Crippen LogP contribution in [-0.2, 0) is 27.4 Å². The summed E-state index contributed by atoms with van der Waals surface area (Å²) < 4.78 is 7.42. The number of methoxy groups -OCH3 is 1. The second-order valence-electron chi connectivity index (χ2n) is 9.32. The molecular formula is C27H39N3O3. The SMILES string of the molecule is COCCN(CC(=O)N(Cc1cccn1Cc1ccccc1)C(C)C)C(=O)C1CCCCC1. The topological polar surface area (TPSA) is 54.8 Å². The Bertz CT molecular complexity index is 872. The summed E-state index contributed by atoms with van der Waals surface area (Å²) in [7, 11) is 1.63. The van der Waals surface area contributed by atoms with Gasteiger partial charge < -0.3 is 19.1 Å². The van der Waals surface area contributed by atoms with Crippen LogP contribution < -0.4 is 0 Å². The number of nitrogens with zero attached hydrogens (tertiary/aromatic N) is 3. The van der Waals surface area contributed by atoms with Gasteiger partial charge in [-0.2, -0.15) is 0 Å². The summed E-state index contributed by atoms with van der Waals surface area (Å²) in [6.07, 6.45) is 7.31. The molecule has 2 amide bonds. The van der Waals surface area contributed by atoms with Crippen molar-refractivity contribution < 1.29 is 14.3 Å². The lowest BCUT2D eigenvalue weighted by Gasteiger charge is -2.33. The molecule has 0 aliphatic heterocycles. The first-order chi connectivity index (χ1) is 16.0. The van der Waals surface area contributed by atoms with Crippen LogP contribution >= 0.6 is 0 Å². The van der Waals surface area contributed by atoms with Gasteiger partial charge in [0.15, 0.2) is 0 Å². The summed E-state index contributed by atoms with van der Waals surface area (Å²) in [6, 6.07) is 14.5. The number of hydrogen-bond donors (Lipinski definition) is 0. The molecule has 180 valence electrons. The summed E-state index contributed by atoms with van der Waals surface area (Å²) in [5, 5.41) is 0. The highest BCUT2D eigenvalue weighted by Crippen LogP contribution is 2.25. The molecule has 0 unspecified atom stereocenters. The summed E-state index contributed by atoms with van der Waals surface area (Å²) in [6.45, 7) is 6.35. The number of benzene rings is 1. The molecule has 6 nitrogen and oxygen atoms in total. The summed E-state index contributed by atoms with van der Waals surface area (Å²) in [5.41, 5.74) is 2.31. The quantitative estimate of drug-likeness (QED) is 0.509. The summed E-state index contributed by atoms with van der Waals surface area (Å²) >= 11 is 0. The third-order valence-corrected chi connectivity index (χ3v) is 6.55. The van der Waals surface area contributed by atoms with E-state index in [-0.39, 0.29) is 30.3 Å². The van der Waals surface area contributed by atoms with E-state index < -0.39 is 0 Å². The predicted octanol–water partition coefficient (Wildman–Crippen LogP) is 4.33. The minimum Gasteiger partial charge on any atom is -0.383 e. The molecule has 0 saturated heterocycles. The molecule has 1 aliphatic carbocycles. The van der Waals surface area contributed by atoms with Crippen molar-refractivity contribution in [3.8, 4) is 0 Å². The van der Waals surface area contributed by atoms with E-state index in [0.29, 0.717) is 19.7 Å². The van der Waals surface area contributed by atoms with Crippen LogP contribution in [0.2, 0.25) is 0 Å². The number of hydrogen-bond acceptors (Lipinski definition) is 3. The van der Waals surface area contributed by atoms with Gasteiger partial charge >= 0.3 is 0 Å². The average molecular weight is 454 g/mol. The van der Waals surface area contributed by atoms with Crippen LogP contribution in [0.25, 0.3) is 0 Å². The van der Waals surface area contributed by atoms with E-state index in [2.05, 4.69) is 29.0 Å². The fourth-order valence-corrected chi connectivity index (χ4v) is 4.59. The summed E-state index contributed by atoms with van der Waals surface area (Å²) in [4.78, 5) is 30.2. The van der Waals surface area contributed by atoms with Crippen molar-refractivity contribution in [3.63, 3.8) is 0 Å². The zero-order valence-electron chi connectivity index (χ0n) is 20.4. The number of carbonyl (C=O) groups is 2. The lowest BCUT2D eigenvalue weighted by molar-refractivity contribution is -0.145. The normalized spacial score (nSPS) is 14.4. The van der Waals surface area contributed by atoms with Crippen LogP contribution in [-0.4, -0.2) is 59.0 Å². The smallest absolute Gasteiger partial charge is 0.242 e. The van der Waals surface area contributed by atoms with E-state index in [1.54, 1.807) is 12.0 Å². The molecule has 0 atom stereocenters. The second kappa shape index (κ2) is 12.6. The highest BCUT2D eigenvalue weighted by Gasteiger charge is 2.29. The molecular weight excluding hydrogens is 414 g/mol. The van der Waals surface area contributed by atoms with Gasteiger partial charge in [-0.05, 0) is 44.4 Å². The second-order valence-corrected chi connectivity index (χ2v) is 9.32. The number of aromatic nitrogens is 1. The van der Waals surface area contributed by atoms with Gasteiger partial charge in [0, 0.05) is 44.0 Å². The van der Waals surface area contributed by atoms with Crippen LogP contribution in [0.4, 0.5) is 0 Å². The zero-order valence-corrected chi connectivity index (χ0v) is 20.4. The predicted molar refractivity (Wildman–Crippen MR) is 131 cm³/mol. The van der Waals surface area contributed by atoms with Crippen LogP contribution in [0.15, 0.2) is 48.7 Å². The Morgan fingerprint density at radius 1 is 1.06 bits per heavy atom. The number of ether oxygens (including phenoxy) is 1. The first kappa shape index (κ1) is 25.0. The number of carbonyl (C=O) groups excluding carboxylic acids is 2. The molecule has 3 rings (SSSR count). The minimum absolute atomic E-state index is 0.0160. The lowest BCUT2D eigenvalue weighted by atomic mass is 9.88. The maximum atomic E-state index is 13.4. The lowest BCUT2D eigenvalue weighted by Crippen LogP contribution is -2.48. The van der Waals surface area contributed by atoms with Gasteiger partial charge in [-0.3, -0.25) is 9.59 Å². The largest absolute Gasteiger partial charge is 0.383 e.